The smallest absolute Gasteiger partial charge is 0.119 e. The Kier molecular flexibility index (Phi) is 5.94. The van der Waals surface area contributed by atoms with E-state index in [1.54, 1.807) is 0 Å². The van der Waals surface area contributed by atoms with Crippen LogP contribution in [0, 0.1) is 0 Å². The standard InChI is InChI=1S/C14H22O2/c1-3-5-10-16-13-9-6-8-12(11-13)14(15)7-4-2/h6,8-9,11,14-15H,3-5,7,10H2,1-2H3. The average molecular weight is 222 g/mol. The third-order valence-corrected chi connectivity index (χ3v) is 2.57. The molecule has 0 fully saturated rings. The van der Waals surface area contributed by atoms with E-state index in [2.05, 4.69) is 13.8 Å². The molecule has 1 rings (SSSR count). The zero-order valence-corrected chi connectivity index (χ0v) is 10.3. The molecule has 1 aromatic rings. The summed E-state index contributed by atoms with van der Waals surface area (Å²) in [7, 11) is 0. The quantitative estimate of drug-likeness (QED) is 0.713. The van der Waals surface area contributed by atoms with E-state index in [0.29, 0.717) is 0 Å². The summed E-state index contributed by atoms with van der Waals surface area (Å²) in [6, 6.07) is 7.77. The first-order valence-electron chi connectivity index (χ1n) is 6.18. The fourth-order valence-electron chi connectivity index (χ4n) is 1.59. The maximum Gasteiger partial charge on any atom is 0.119 e. The van der Waals surface area contributed by atoms with Gasteiger partial charge in [0, 0.05) is 0 Å². The number of hydrogen-bond donors (Lipinski definition) is 1. The van der Waals surface area contributed by atoms with E-state index in [1.165, 1.54) is 0 Å². The van der Waals surface area contributed by atoms with E-state index in [0.717, 1.165) is 43.6 Å². The van der Waals surface area contributed by atoms with Crippen molar-refractivity contribution in [2.24, 2.45) is 0 Å². The molecule has 0 aromatic heterocycles. The summed E-state index contributed by atoms with van der Waals surface area (Å²) in [6.07, 6.45) is 3.64. The van der Waals surface area contributed by atoms with Crippen LogP contribution in [0.25, 0.3) is 0 Å². The lowest BCUT2D eigenvalue weighted by Gasteiger charge is -2.11. The third kappa shape index (κ3) is 4.23. The summed E-state index contributed by atoms with van der Waals surface area (Å²) in [6.45, 7) is 4.97. The minimum absolute atomic E-state index is 0.361. The highest BCUT2D eigenvalue weighted by Crippen LogP contribution is 2.22. The first-order valence-corrected chi connectivity index (χ1v) is 6.18. The highest BCUT2D eigenvalue weighted by Gasteiger charge is 2.06. The lowest BCUT2D eigenvalue weighted by molar-refractivity contribution is 0.166. The maximum atomic E-state index is 9.86. The van der Waals surface area contributed by atoms with Gasteiger partial charge in [-0.15, -0.1) is 0 Å². The summed E-state index contributed by atoms with van der Waals surface area (Å²) in [4.78, 5) is 0. The SMILES string of the molecule is CCCCOc1cccc(C(O)CCC)c1. The van der Waals surface area contributed by atoms with Gasteiger partial charge in [-0.2, -0.15) is 0 Å². The van der Waals surface area contributed by atoms with Gasteiger partial charge in [0.2, 0.25) is 0 Å². The number of aliphatic hydroxyl groups is 1. The van der Waals surface area contributed by atoms with Crippen LogP contribution in [0.4, 0.5) is 0 Å². The van der Waals surface area contributed by atoms with Crippen molar-refractivity contribution in [2.75, 3.05) is 6.61 Å². The van der Waals surface area contributed by atoms with Gasteiger partial charge in [0.15, 0.2) is 0 Å². The molecule has 0 radical (unpaired) electrons. The van der Waals surface area contributed by atoms with Crippen LogP contribution in [-0.4, -0.2) is 11.7 Å². The lowest BCUT2D eigenvalue weighted by Crippen LogP contribution is -2.00. The van der Waals surface area contributed by atoms with Crippen LogP contribution >= 0.6 is 0 Å². The molecule has 1 N–H and O–H groups in total. The molecule has 2 heteroatoms. The van der Waals surface area contributed by atoms with Crippen molar-refractivity contribution in [1.82, 2.24) is 0 Å². The number of unbranched alkanes of at least 4 members (excludes halogenated alkanes) is 1. The second kappa shape index (κ2) is 7.29. The van der Waals surface area contributed by atoms with Crippen molar-refractivity contribution in [3.63, 3.8) is 0 Å². The molecule has 0 aliphatic heterocycles. The van der Waals surface area contributed by atoms with Gasteiger partial charge in [-0.25, -0.2) is 0 Å². The average Bonchev–Trinajstić information content (AvgIpc) is 2.30. The highest BCUT2D eigenvalue weighted by atomic mass is 16.5. The number of aliphatic hydroxyl groups excluding tert-OH is 1. The van der Waals surface area contributed by atoms with Crippen LogP contribution < -0.4 is 4.74 Å². The Morgan fingerprint density at radius 2 is 2.06 bits per heavy atom. The number of benzene rings is 1. The third-order valence-electron chi connectivity index (χ3n) is 2.57. The molecule has 2 nitrogen and oxygen atoms in total. The molecule has 0 spiro atoms. The molecular weight excluding hydrogens is 200 g/mol. The minimum Gasteiger partial charge on any atom is -0.494 e. The topological polar surface area (TPSA) is 29.5 Å². The molecule has 0 aliphatic rings. The summed E-state index contributed by atoms with van der Waals surface area (Å²) in [5, 5.41) is 9.86. The van der Waals surface area contributed by atoms with Crippen molar-refractivity contribution in [1.29, 1.82) is 0 Å². The Hall–Kier alpha value is -1.02. The van der Waals surface area contributed by atoms with Gasteiger partial charge < -0.3 is 9.84 Å². The Morgan fingerprint density at radius 3 is 2.75 bits per heavy atom. The van der Waals surface area contributed by atoms with Gasteiger partial charge in [0.1, 0.15) is 5.75 Å². The van der Waals surface area contributed by atoms with Crippen LogP contribution in [0.2, 0.25) is 0 Å². The number of ether oxygens (including phenoxy) is 1. The first-order chi connectivity index (χ1) is 7.77. The first kappa shape index (κ1) is 13.0. The van der Waals surface area contributed by atoms with Crippen LogP contribution in [-0.2, 0) is 0 Å². The Balaban J connectivity index is 2.56. The van der Waals surface area contributed by atoms with Crippen LogP contribution in [0.3, 0.4) is 0 Å². The summed E-state index contributed by atoms with van der Waals surface area (Å²) in [5.74, 6) is 0.862. The van der Waals surface area contributed by atoms with Gasteiger partial charge >= 0.3 is 0 Å². The molecule has 90 valence electrons. The molecule has 0 aliphatic carbocycles. The van der Waals surface area contributed by atoms with Gasteiger partial charge in [-0.05, 0) is 30.5 Å². The van der Waals surface area contributed by atoms with Crippen molar-refractivity contribution in [3.05, 3.63) is 29.8 Å². The Morgan fingerprint density at radius 1 is 1.25 bits per heavy atom. The zero-order chi connectivity index (χ0) is 11.8. The van der Waals surface area contributed by atoms with Gasteiger partial charge in [0.25, 0.3) is 0 Å². The molecule has 16 heavy (non-hydrogen) atoms. The predicted octanol–water partition coefficient (Wildman–Crippen LogP) is 3.70. The minimum atomic E-state index is -0.361. The predicted molar refractivity (Wildman–Crippen MR) is 66.7 cm³/mol. The fourth-order valence-corrected chi connectivity index (χ4v) is 1.59. The van der Waals surface area contributed by atoms with Crippen molar-refractivity contribution in [2.45, 2.75) is 45.6 Å². The zero-order valence-electron chi connectivity index (χ0n) is 10.3. The Bertz CT molecular complexity index is 297. The molecular formula is C14H22O2. The summed E-state index contributed by atoms with van der Waals surface area (Å²) in [5.41, 5.74) is 0.954. The molecule has 0 saturated heterocycles. The van der Waals surface area contributed by atoms with E-state index in [9.17, 15) is 5.11 Å². The van der Waals surface area contributed by atoms with Gasteiger partial charge in [-0.1, -0.05) is 38.8 Å². The molecule has 0 saturated carbocycles. The number of hydrogen-bond acceptors (Lipinski definition) is 2. The van der Waals surface area contributed by atoms with Crippen LogP contribution in [0.1, 0.15) is 51.2 Å². The fraction of sp³-hybridized carbons (Fsp3) is 0.571. The van der Waals surface area contributed by atoms with Crippen molar-refractivity contribution < 1.29 is 9.84 Å². The van der Waals surface area contributed by atoms with E-state index >= 15 is 0 Å². The monoisotopic (exact) mass is 222 g/mol. The molecule has 1 aromatic carbocycles. The highest BCUT2D eigenvalue weighted by molar-refractivity contribution is 5.29. The molecule has 0 bridgehead atoms. The number of rotatable bonds is 7. The van der Waals surface area contributed by atoms with E-state index in [1.807, 2.05) is 24.3 Å². The second-order valence-electron chi connectivity index (χ2n) is 4.08. The van der Waals surface area contributed by atoms with E-state index in [4.69, 9.17) is 4.74 Å². The molecule has 1 atom stereocenters. The Labute approximate surface area is 98.3 Å². The largest absolute Gasteiger partial charge is 0.494 e. The van der Waals surface area contributed by atoms with Crippen molar-refractivity contribution >= 4 is 0 Å². The van der Waals surface area contributed by atoms with E-state index in [-0.39, 0.29) is 6.10 Å². The van der Waals surface area contributed by atoms with E-state index < -0.39 is 0 Å². The summed E-state index contributed by atoms with van der Waals surface area (Å²) < 4.78 is 5.60. The molecule has 0 heterocycles. The van der Waals surface area contributed by atoms with Crippen molar-refractivity contribution in [3.8, 4) is 5.75 Å². The van der Waals surface area contributed by atoms with Gasteiger partial charge in [-0.3, -0.25) is 0 Å². The summed E-state index contributed by atoms with van der Waals surface area (Å²) >= 11 is 0. The molecule has 1 unspecified atom stereocenters. The van der Waals surface area contributed by atoms with Gasteiger partial charge in [0.05, 0.1) is 12.7 Å². The van der Waals surface area contributed by atoms with Crippen LogP contribution in [0.15, 0.2) is 24.3 Å². The lowest BCUT2D eigenvalue weighted by atomic mass is 10.1. The van der Waals surface area contributed by atoms with Crippen LogP contribution in [0.5, 0.6) is 5.75 Å². The normalized spacial score (nSPS) is 12.4. The maximum absolute atomic E-state index is 9.86. The second-order valence-corrected chi connectivity index (χ2v) is 4.08. The molecule has 0 amide bonds.